The Morgan fingerprint density at radius 2 is 1.84 bits per heavy atom. The van der Waals surface area contributed by atoms with Crippen LogP contribution in [0.1, 0.15) is 43.5 Å². The summed E-state index contributed by atoms with van der Waals surface area (Å²) in [6, 6.07) is 15.3. The Bertz CT molecular complexity index is 2020. The molecule has 9 nitrogen and oxygen atoms in total. The lowest BCUT2D eigenvalue weighted by Crippen LogP contribution is -2.39. The number of halogens is 2. The fraction of sp³-hybridized carbons (Fsp3) is 0.242. The summed E-state index contributed by atoms with van der Waals surface area (Å²) in [6.07, 6.45) is 1.77. The maximum absolute atomic E-state index is 14.0. The van der Waals surface area contributed by atoms with Crippen LogP contribution in [0.3, 0.4) is 0 Å². The van der Waals surface area contributed by atoms with Crippen LogP contribution in [0.25, 0.3) is 6.08 Å². The van der Waals surface area contributed by atoms with Gasteiger partial charge in [-0.25, -0.2) is 9.79 Å². The van der Waals surface area contributed by atoms with Crippen LogP contribution < -0.4 is 33.8 Å². The van der Waals surface area contributed by atoms with E-state index in [-0.39, 0.29) is 31.1 Å². The SMILES string of the molecule is CCOC(=O)C1=C(C)N=c2s/c(=C\c3ccc(OCc4ccc(Cl)cc4Cl)c(OCC)c3)c(=O)n2C1c1ccc2c(c1)OCO2. The molecule has 0 aliphatic carbocycles. The van der Waals surface area contributed by atoms with E-state index in [1.807, 2.05) is 31.2 Å². The Morgan fingerprint density at radius 1 is 1.02 bits per heavy atom. The van der Waals surface area contributed by atoms with Crippen LogP contribution in [0.5, 0.6) is 23.0 Å². The molecule has 2 aliphatic rings. The van der Waals surface area contributed by atoms with Crippen molar-refractivity contribution in [2.45, 2.75) is 33.4 Å². The minimum Gasteiger partial charge on any atom is -0.490 e. The number of rotatable bonds is 9. The topological polar surface area (TPSA) is 97.6 Å². The maximum Gasteiger partial charge on any atom is 0.338 e. The maximum atomic E-state index is 14.0. The van der Waals surface area contributed by atoms with Gasteiger partial charge < -0.3 is 23.7 Å². The molecule has 0 saturated carbocycles. The van der Waals surface area contributed by atoms with Crippen molar-refractivity contribution in [3.8, 4) is 23.0 Å². The Balaban J connectivity index is 1.39. The van der Waals surface area contributed by atoms with Crippen LogP contribution in [-0.4, -0.2) is 30.5 Å². The normalized spacial score (nSPS) is 15.5. The molecule has 3 heterocycles. The van der Waals surface area contributed by atoms with Crippen LogP contribution in [0.2, 0.25) is 10.0 Å². The molecular formula is C33H28Cl2N2O7S. The number of ether oxygens (including phenoxy) is 5. The first kappa shape index (κ1) is 30.8. The summed E-state index contributed by atoms with van der Waals surface area (Å²) in [5, 5.41) is 1.05. The average Bonchev–Trinajstić information content (AvgIpc) is 3.60. The molecule has 4 aromatic rings. The molecule has 1 atom stereocenters. The molecule has 232 valence electrons. The summed E-state index contributed by atoms with van der Waals surface area (Å²) >= 11 is 13.6. The zero-order valence-corrected chi connectivity index (χ0v) is 26.9. The molecule has 2 aliphatic heterocycles. The highest BCUT2D eigenvalue weighted by molar-refractivity contribution is 7.07. The fourth-order valence-electron chi connectivity index (χ4n) is 5.14. The van der Waals surface area contributed by atoms with E-state index in [1.54, 1.807) is 50.3 Å². The third-order valence-corrected chi connectivity index (χ3v) is 8.76. The van der Waals surface area contributed by atoms with Crippen molar-refractivity contribution in [3.05, 3.63) is 112 Å². The van der Waals surface area contributed by atoms with Gasteiger partial charge in [-0.2, -0.15) is 0 Å². The summed E-state index contributed by atoms with van der Waals surface area (Å²) < 4.78 is 30.3. The molecule has 1 aromatic heterocycles. The van der Waals surface area contributed by atoms with Crippen molar-refractivity contribution in [3.63, 3.8) is 0 Å². The number of hydrogen-bond donors (Lipinski definition) is 0. The van der Waals surface area contributed by atoms with Gasteiger partial charge in [-0.3, -0.25) is 9.36 Å². The van der Waals surface area contributed by atoms with E-state index in [9.17, 15) is 9.59 Å². The van der Waals surface area contributed by atoms with Crippen LogP contribution in [0.15, 0.2) is 75.7 Å². The largest absolute Gasteiger partial charge is 0.490 e. The highest BCUT2D eigenvalue weighted by Gasteiger charge is 2.34. The summed E-state index contributed by atoms with van der Waals surface area (Å²) in [6.45, 7) is 6.27. The average molecular weight is 668 g/mol. The van der Waals surface area contributed by atoms with Crippen molar-refractivity contribution in [1.82, 2.24) is 4.57 Å². The number of hydrogen-bond acceptors (Lipinski definition) is 9. The van der Waals surface area contributed by atoms with Gasteiger partial charge in [0, 0.05) is 15.6 Å². The van der Waals surface area contributed by atoms with E-state index in [4.69, 9.17) is 46.9 Å². The monoisotopic (exact) mass is 666 g/mol. The van der Waals surface area contributed by atoms with Gasteiger partial charge >= 0.3 is 5.97 Å². The molecule has 0 amide bonds. The van der Waals surface area contributed by atoms with Crippen molar-refractivity contribution in [1.29, 1.82) is 0 Å². The molecule has 0 radical (unpaired) electrons. The summed E-state index contributed by atoms with van der Waals surface area (Å²) in [5.41, 5.74) is 2.64. The highest BCUT2D eigenvalue weighted by atomic mass is 35.5. The lowest BCUT2D eigenvalue weighted by atomic mass is 9.95. The summed E-state index contributed by atoms with van der Waals surface area (Å²) in [4.78, 5) is 32.3. The molecule has 45 heavy (non-hydrogen) atoms. The first-order valence-corrected chi connectivity index (χ1v) is 15.8. The van der Waals surface area contributed by atoms with Gasteiger partial charge in [0.1, 0.15) is 6.61 Å². The van der Waals surface area contributed by atoms with E-state index in [2.05, 4.69) is 4.99 Å². The molecule has 3 aromatic carbocycles. The Hall–Kier alpha value is -4.25. The van der Waals surface area contributed by atoms with Gasteiger partial charge in [0.2, 0.25) is 6.79 Å². The quantitative estimate of drug-likeness (QED) is 0.208. The van der Waals surface area contributed by atoms with Gasteiger partial charge in [0.25, 0.3) is 5.56 Å². The van der Waals surface area contributed by atoms with Crippen LogP contribution in [0, 0.1) is 0 Å². The molecule has 1 unspecified atom stereocenters. The number of nitrogens with zero attached hydrogens (tertiary/aromatic N) is 2. The van der Waals surface area contributed by atoms with Gasteiger partial charge in [0.15, 0.2) is 27.8 Å². The first-order valence-electron chi connectivity index (χ1n) is 14.2. The second kappa shape index (κ2) is 13.0. The standard InChI is InChI=1S/C33H28Cl2N2O7S/c1-4-40-26-12-19(6-10-24(26)42-16-21-7-9-22(34)15-23(21)35)13-28-31(38)37-30(20-8-11-25-27(14-20)44-17-43-25)29(32(39)41-5-2)18(3)36-33(37)45-28/h6-15,30H,4-5,16-17H2,1-3H3/b28-13-. The number of thiazole rings is 1. The Morgan fingerprint density at radius 3 is 2.62 bits per heavy atom. The smallest absolute Gasteiger partial charge is 0.338 e. The van der Waals surface area contributed by atoms with Gasteiger partial charge in [0.05, 0.1) is 35.1 Å². The predicted molar refractivity (Wildman–Crippen MR) is 171 cm³/mol. The van der Waals surface area contributed by atoms with E-state index in [0.29, 0.717) is 60.2 Å². The number of esters is 1. The van der Waals surface area contributed by atoms with Crippen molar-refractivity contribution >= 4 is 46.6 Å². The number of allylic oxidation sites excluding steroid dienone is 1. The third-order valence-electron chi connectivity index (χ3n) is 7.19. The van der Waals surface area contributed by atoms with E-state index < -0.39 is 12.0 Å². The molecule has 0 fully saturated rings. The van der Waals surface area contributed by atoms with E-state index in [0.717, 1.165) is 11.1 Å². The van der Waals surface area contributed by atoms with Crippen LogP contribution >= 0.6 is 34.5 Å². The van der Waals surface area contributed by atoms with E-state index in [1.165, 1.54) is 15.9 Å². The van der Waals surface area contributed by atoms with Crippen LogP contribution in [0.4, 0.5) is 0 Å². The van der Waals surface area contributed by atoms with E-state index >= 15 is 0 Å². The number of aromatic nitrogens is 1. The Kier molecular flexibility index (Phi) is 8.89. The highest BCUT2D eigenvalue weighted by Crippen LogP contribution is 2.38. The molecule has 0 bridgehead atoms. The minimum absolute atomic E-state index is 0.101. The molecule has 6 rings (SSSR count). The number of carbonyl (C=O) groups is 1. The lowest BCUT2D eigenvalue weighted by Gasteiger charge is -2.24. The predicted octanol–water partition coefficient (Wildman–Crippen LogP) is 5.81. The number of carbonyl (C=O) groups excluding carboxylic acids is 1. The molecule has 0 saturated heterocycles. The Labute approximate surface area is 272 Å². The van der Waals surface area contributed by atoms with Crippen molar-refractivity contribution < 1.29 is 28.5 Å². The minimum atomic E-state index is -0.772. The number of benzene rings is 3. The van der Waals surface area contributed by atoms with Gasteiger partial charge in [-0.15, -0.1) is 0 Å². The summed E-state index contributed by atoms with van der Waals surface area (Å²) in [5.74, 6) is 1.64. The second-order valence-corrected chi connectivity index (χ2v) is 11.9. The number of fused-ring (bicyclic) bond motifs is 2. The second-order valence-electron chi connectivity index (χ2n) is 10.1. The molecule has 0 spiro atoms. The third kappa shape index (κ3) is 6.18. The molecule has 0 N–H and O–H groups in total. The van der Waals surface area contributed by atoms with Gasteiger partial charge in [-0.05, 0) is 74.4 Å². The van der Waals surface area contributed by atoms with Crippen molar-refractivity contribution in [2.24, 2.45) is 4.99 Å². The first-order chi connectivity index (χ1) is 21.8. The van der Waals surface area contributed by atoms with Gasteiger partial charge in [-0.1, -0.05) is 52.7 Å². The molecular weight excluding hydrogens is 639 g/mol. The fourth-order valence-corrected chi connectivity index (χ4v) is 6.65. The zero-order chi connectivity index (χ0) is 31.7. The summed E-state index contributed by atoms with van der Waals surface area (Å²) in [7, 11) is 0. The lowest BCUT2D eigenvalue weighted by molar-refractivity contribution is -0.139. The molecule has 12 heteroatoms. The van der Waals surface area contributed by atoms with Crippen LogP contribution in [-0.2, 0) is 16.1 Å². The zero-order valence-electron chi connectivity index (χ0n) is 24.6. The van der Waals surface area contributed by atoms with Crippen molar-refractivity contribution in [2.75, 3.05) is 20.0 Å².